The molecule has 0 unspecified atom stereocenters. The van der Waals surface area contributed by atoms with Crippen LogP contribution in [0.25, 0.3) is 0 Å². The van der Waals surface area contributed by atoms with Crippen LogP contribution in [0.2, 0.25) is 0 Å². The highest BCUT2D eigenvalue weighted by atomic mass is 19.1. The number of nitrogens with two attached hydrogens (primary N) is 3. The molecule has 180 valence electrons. The molecule has 1 aromatic carbocycles. The number of fused-ring (bicyclic) bond motifs is 1. The summed E-state index contributed by atoms with van der Waals surface area (Å²) in [5.74, 6) is 0.446. The fraction of sp³-hybridized carbons (Fsp3) is 0.320. The van der Waals surface area contributed by atoms with Gasteiger partial charge in [-0.1, -0.05) is 18.2 Å². The van der Waals surface area contributed by atoms with Gasteiger partial charge in [0.25, 0.3) is 5.91 Å². The van der Waals surface area contributed by atoms with Gasteiger partial charge in [-0.05, 0) is 48.4 Å². The van der Waals surface area contributed by atoms with Crippen LogP contribution in [0.15, 0.2) is 42.7 Å². The Morgan fingerprint density at radius 2 is 2.03 bits per heavy atom. The maximum Gasteiger partial charge on any atom is 0.267 e. The topological polar surface area (TPSA) is 161 Å². The van der Waals surface area contributed by atoms with E-state index >= 15 is 0 Å². The summed E-state index contributed by atoms with van der Waals surface area (Å²) in [4.78, 5) is 26.5. The van der Waals surface area contributed by atoms with Crippen LogP contribution in [0.1, 0.15) is 39.3 Å². The van der Waals surface area contributed by atoms with Gasteiger partial charge in [0, 0.05) is 36.8 Å². The van der Waals surface area contributed by atoms with E-state index in [0.29, 0.717) is 41.5 Å². The van der Waals surface area contributed by atoms with Crippen molar-refractivity contribution in [3.8, 4) is 0 Å². The molecule has 0 spiro atoms. The number of nitrogens with one attached hydrogen (secondary N) is 1. The lowest BCUT2D eigenvalue weighted by Gasteiger charge is -2.27. The smallest absolute Gasteiger partial charge is 0.267 e. The van der Waals surface area contributed by atoms with Crippen molar-refractivity contribution in [3.63, 3.8) is 0 Å². The summed E-state index contributed by atoms with van der Waals surface area (Å²) in [6, 6.07) is 8.42. The normalized spacial score (nSPS) is 23.0. The number of carbonyl (C=O) groups is 1. The minimum absolute atomic E-state index is 0.0603. The third kappa shape index (κ3) is 3.61. The number of pyridine rings is 1. The molecular formula is C25H27FN8O. The van der Waals surface area contributed by atoms with E-state index in [1.54, 1.807) is 19.2 Å². The van der Waals surface area contributed by atoms with Gasteiger partial charge in [-0.15, -0.1) is 0 Å². The molecule has 2 aromatic heterocycles. The molecule has 3 aromatic rings. The Bertz CT molecular complexity index is 1340. The second-order valence-electron chi connectivity index (χ2n) is 9.26. The summed E-state index contributed by atoms with van der Waals surface area (Å²) in [6.45, 7) is 3.57. The lowest BCUT2D eigenvalue weighted by atomic mass is 9.91. The average molecular weight is 475 g/mol. The van der Waals surface area contributed by atoms with E-state index in [9.17, 15) is 9.18 Å². The molecule has 9 nitrogen and oxygen atoms in total. The van der Waals surface area contributed by atoms with Crippen LogP contribution >= 0.6 is 0 Å². The first-order chi connectivity index (χ1) is 16.8. The maximum absolute atomic E-state index is 14.6. The van der Waals surface area contributed by atoms with Crippen molar-refractivity contribution < 1.29 is 9.18 Å². The summed E-state index contributed by atoms with van der Waals surface area (Å²) in [6.07, 6.45) is 3.89. The Balaban J connectivity index is 1.37. The number of amides is 1. The van der Waals surface area contributed by atoms with Gasteiger partial charge in [-0.2, -0.15) is 0 Å². The fourth-order valence-corrected chi connectivity index (χ4v) is 5.65. The molecule has 1 aliphatic carbocycles. The van der Waals surface area contributed by atoms with Crippen molar-refractivity contribution in [2.24, 2.45) is 23.3 Å². The van der Waals surface area contributed by atoms with Crippen LogP contribution in [0.5, 0.6) is 0 Å². The molecule has 35 heavy (non-hydrogen) atoms. The molecule has 1 saturated carbocycles. The number of primary amides is 1. The number of rotatable bonds is 6. The van der Waals surface area contributed by atoms with Crippen molar-refractivity contribution in [2.45, 2.75) is 18.8 Å². The summed E-state index contributed by atoms with van der Waals surface area (Å²) in [5.41, 5.74) is 19.6. The van der Waals surface area contributed by atoms with Gasteiger partial charge in [0.05, 0.1) is 11.9 Å². The molecular weight excluding hydrogens is 447 g/mol. The Kier molecular flexibility index (Phi) is 5.47. The summed E-state index contributed by atoms with van der Waals surface area (Å²) >= 11 is 0. The molecule has 3 heterocycles. The molecule has 5 rings (SSSR count). The number of hydrogen-bond donors (Lipinski definition) is 4. The zero-order chi connectivity index (χ0) is 24.9. The van der Waals surface area contributed by atoms with Crippen LogP contribution in [-0.4, -0.2) is 46.2 Å². The van der Waals surface area contributed by atoms with Crippen molar-refractivity contribution >= 4 is 23.3 Å². The number of halogens is 1. The van der Waals surface area contributed by atoms with Crippen LogP contribution in [0.4, 0.5) is 16.0 Å². The Morgan fingerprint density at radius 3 is 2.69 bits per heavy atom. The standard InChI is InChI=1S/C25H27FN8O/c1-13-8-19(24(30)35)31-9-14(13)21(28)22-23(29)33-20(10-32-22)34-7-6-15-17(11-34)25(15,12-27)16-4-2-3-5-18(16)26/h2-5,8-10,15,17,28H,6-7,11-12,27H2,1H3,(H2,29,33)(H2,30,35)/t15-,17+,25-/m1/s1. The zero-order valence-electron chi connectivity index (χ0n) is 19.3. The lowest BCUT2D eigenvalue weighted by molar-refractivity contribution is 0.0995. The van der Waals surface area contributed by atoms with E-state index in [4.69, 9.17) is 22.6 Å². The Labute approximate surface area is 202 Å². The van der Waals surface area contributed by atoms with Crippen molar-refractivity contribution in [2.75, 3.05) is 30.3 Å². The molecule has 2 aliphatic rings. The van der Waals surface area contributed by atoms with Crippen LogP contribution < -0.4 is 22.1 Å². The van der Waals surface area contributed by atoms with Gasteiger partial charge in [-0.25, -0.2) is 14.4 Å². The SMILES string of the molecule is Cc1cc(C(N)=O)ncc1C(=N)c1ncc(N2CC[C@@H]3[C@H](C2)[C@@]3(CN)c2ccccc2F)nc1N. The number of benzene rings is 1. The van der Waals surface area contributed by atoms with E-state index < -0.39 is 5.91 Å². The average Bonchev–Trinajstić information content (AvgIpc) is 3.51. The van der Waals surface area contributed by atoms with Gasteiger partial charge in [-0.3, -0.25) is 15.2 Å². The van der Waals surface area contributed by atoms with E-state index in [2.05, 4.69) is 19.9 Å². The van der Waals surface area contributed by atoms with E-state index in [0.717, 1.165) is 13.0 Å². The molecule has 2 fully saturated rings. The van der Waals surface area contributed by atoms with Gasteiger partial charge < -0.3 is 22.1 Å². The van der Waals surface area contributed by atoms with Gasteiger partial charge in [0.1, 0.15) is 23.0 Å². The molecule has 1 aliphatic heterocycles. The monoisotopic (exact) mass is 474 g/mol. The van der Waals surface area contributed by atoms with Crippen LogP contribution in [0, 0.1) is 30.0 Å². The molecule has 7 N–H and O–H groups in total. The lowest BCUT2D eigenvalue weighted by Crippen LogP contribution is -2.33. The largest absolute Gasteiger partial charge is 0.382 e. The highest BCUT2D eigenvalue weighted by molar-refractivity contribution is 6.13. The zero-order valence-corrected chi connectivity index (χ0v) is 19.3. The maximum atomic E-state index is 14.6. The molecule has 1 amide bonds. The number of hydrogen-bond acceptors (Lipinski definition) is 8. The third-order valence-electron chi connectivity index (χ3n) is 7.52. The molecule has 1 saturated heterocycles. The quantitative estimate of drug-likeness (QED) is 0.396. The van der Waals surface area contributed by atoms with Gasteiger partial charge >= 0.3 is 0 Å². The fourth-order valence-electron chi connectivity index (χ4n) is 5.65. The predicted octanol–water partition coefficient (Wildman–Crippen LogP) is 1.77. The minimum Gasteiger partial charge on any atom is -0.382 e. The number of aromatic nitrogens is 3. The number of nitrogen functional groups attached to an aromatic ring is 1. The van der Waals surface area contributed by atoms with Crippen LogP contribution in [0.3, 0.4) is 0 Å². The van der Waals surface area contributed by atoms with Crippen molar-refractivity contribution in [1.82, 2.24) is 15.0 Å². The molecule has 3 atom stereocenters. The number of aryl methyl sites for hydroxylation is 1. The highest BCUT2D eigenvalue weighted by Gasteiger charge is 2.66. The molecule has 10 heteroatoms. The van der Waals surface area contributed by atoms with Crippen LogP contribution in [-0.2, 0) is 5.41 Å². The van der Waals surface area contributed by atoms with E-state index in [1.165, 1.54) is 18.3 Å². The van der Waals surface area contributed by atoms with Crippen molar-refractivity contribution in [3.05, 3.63) is 76.6 Å². The summed E-state index contributed by atoms with van der Waals surface area (Å²) in [7, 11) is 0. The Morgan fingerprint density at radius 1 is 1.26 bits per heavy atom. The second kappa shape index (κ2) is 8.38. The summed E-state index contributed by atoms with van der Waals surface area (Å²) < 4.78 is 14.6. The number of piperidine rings is 1. The first-order valence-corrected chi connectivity index (χ1v) is 11.5. The first-order valence-electron chi connectivity index (χ1n) is 11.5. The predicted molar refractivity (Wildman–Crippen MR) is 131 cm³/mol. The minimum atomic E-state index is -0.636. The number of carbonyl (C=O) groups excluding carboxylic acids is 1. The van der Waals surface area contributed by atoms with E-state index in [1.807, 2.05) is 12.1 Å². The van der Waals surface area contributed by atoms with Gasteiger partial charge in [0.15, 0.2) is 5.82 Å². The highest BCUT2D eigenvalue weighted by Crippen LogP contribution is 2.63. The van der Waals surface area contributed by atoms with E-state index in [-0.39, 0.29) is 40.1 Å². The molecule has 0 radical (unpaired) electrons. The third-order valence-corrected chi connectivity index (χ3v) is 7.52. The van der Waals surface area contributed by atoms with Gasteiger partial charge in [0.2, 0.25) is 0 Å². The summed E-state index contributed by atoms with van der Waals surface area (Å²) in [5, 5.41) is 8.57. The number of anilines is 2. The number of nitrogens with zero attached hydrogens (tertiary/aromatic N) is 4. The second-order valence-corrected chi connectivity index (χ2v) is 9.26. The first kappa shape index (κ1) is 22.9. The Hall–Kier alpha value is -3.92. The molecule has 0 bridgehead atoms. The van der Waals surface area contributed by atoms with Crippen molar-refractivity contribution in [1.29, 1.82) is 5.41 Å².